The van der Waals surface area contributed by atoms with Crippen LogP contribution in [0.4, 0.5) is 5.13 Å². The maximum atomic E-state index is 12.1. The SMILES string of the molecule is COC(=O)Cc1csc(NC(=O)/C=C/c2ccc(OCCC(C)C)c(OC)c2)n1. The zero-order chi connectivity index (χ0) is 21.2. The standard InChI is InChI=1S/C21H26N2O5S/c1-14(2)9-10-28-17-7-5-15(11-18(17)26-3)6-8-19(24)23-21-22-16(13-29-21)12-20(25)27-4/h5-8,11,13-14H,9-10,12H2,1-4H3,(H,22,23,24)/b8-6+. The van der Waals surface area contributed by atoms with E-state index in [4.69, 9.17) is 9.47 Å². The number of methoxy groups -OCH3 is 2. The molecule has 29 heavy (non-hydrogen) atoms. The number of carbonyl (C=O) groups is 2. The van der Waals surface area contributed by atoms with Gasteiger partial charge < -0.3 is 14.2 Å². The Bertz CT molecular complexity index is 861. The summed E-state index contributed by atoms with van der Waals surface area (Å²) >= 11 is 1.25. The van der Waals surface area contributed by atoms with E-state index in [2.05, 4.69) is 28.9 Å². The first-order chi connectivity index (χ1) is 13.9. The quantitative estimate of drug-likeness (QED) is 0.464. The van der Waals surface area contributed by atoms with E-state index in [0.29, 0.717) is 34.8 Å². The first-order valence-electron chi connectivity index (χ1n) is 9.22. The van der Waals surface area contributed by atoms with E-state index < -0.39 is 0 Å². The minimum atomic E-state index is -0.376. The molecular formula is C21H26N2O5S. The van der Waals surface area contributed by atoms with Crippen LogP contribution in [0.5, 0.6) is 11.5 Å². The molecule has 0 aliphatic rings. The minimum absolute atomic E-state index is 0.0735. The van der Waals surface area contributed by atoms with Crippen molar-refractivity contribution in [1.82, 2.24) is 4.98 Å². The van der Waals surface area contributed by atoms with Crippen LogP contribution in [0.2, 0.25) is 0 Å². The van der Waals surface area contributed by atoms with Gasteiger partial charge in [-0.3, -0.25) is 14.9 Å². The summed E-state index contributed by atoms with van der Waals surface area (Å²) < 4.78 is 15.8. The van der Waals surface area contributed by atoms with Crippen LogP contribution >= 0.6 is 11.3 Å². The van der Waals surface area contributed by atoms with Crippen LogP contribution in [0, 0.1) is 5.92 Å². The summed E-state index contributed by atoms with van der Waals surface area (Å²) in [6, 6.07) is 5.50. The van der Waals surface area contributed by atoms with Crippen molar-refractivity contribution in [2.45, 2.75) is 26.7 Å². The fourth-order valence-corrected chi connectivity index (χ4v) is 3.01. The van der Waals surface area contributed by atoms with Gasteiger partial charge in [0.25, 0.3) is 0 Å². The summed E-state index contributed by atoms with van der Waals surface area (Å²) in [4.78, 5) is 27.6. The Morgan fingerprint density at radius 3 is 2.72 bits per heavy atom. The average molecular weight is 419 g/mol. The third-order valence-electron chi connectivity index (χ3n) is 3.90. The number of nitrogens with zero attached hydrogens (tertiary/aromatic N) is 1. The van der Waals surface area contributed by atoms with Crippen molar-refractivity contribution < 1.29 is 23.8 Å². The predicted octanol–water partition coefficient (Wildman–Crippen LogP) is 3.94. The summed E-state index contributed by atoms with van der Waals surface area (Å²) in [7, 11) is 2.90. The highest BCUT2D eigenvalue weighted by atomic mass is 32.1. The molecule has 0 saturated carbocycles. The van der Waals surface area contributed by atoms with Gasteiger partial charge in [0.15, 0.2) is 16.6 Å². The van der Waals surface area contributed by atoms with Crippen molar-refractivity contribution in [2.75, 3.05) is 26.1 Å². The summed E-state index contributed by atoms with van der Waals surface area (Å²) in [6.45, 7) is 4.91. The smallest absolute Gasteiger partial charge is 0.311 e. The highest BCUT2D eigenvalue weighted by Crippen LogP contribution is 2.29. The lowest BCUT2D eigenvalue weighted by molar-refractivity contribution is -0.139. The second-order valence-electron chi connectivity index (χ2n) is 6.66. The summed E-state index contributed by atoms with van der Waals surface area (Å²) in [5, 5.41) is 4.80. The van der Waals surface area contributed by atoms with Crippen molar-refractivity contribution in [3.8, 4) is 11.5 Å². The number of rotatable bonds is 10. The highest BCUT2D eigenvalue weighted by Gasteiger charge is 2.09. The summed E-state index contributed by atoms with van der Waals surface area (Å²) in [5.41, 5.74) is 1.36. The molecule has 0 aliphatic carbocycles. The van der Waals surface area contributed by atoms with Gasteiger partial charge in [-0.2, -0.15) is 0 Å². The molecule has 1 aromatic heterocycles. The van der Waals surface area contributed by atoms with E-state index in [1.165, 1.54) is 24.5 Å². The third kappa shape index (κ3) is 7.57. The number of anilines is 1. The van der Waals surface area contributed by atoms with E-state index in [1.54, 1.807) is 18.6 Å². The molecule has 1 aromatic carbocycles. The topological polar surface area (TPSA) is 86.8 Å². The molecule has 0 spiro atoms. The van der Waals surface area contributed by atoms with E-state index >= 15 is 0 Å². The molecule has 1 amide bonds. The maximum absolute atomic E-state index is 12.1. The molecule has 7 nitrogen and oxygen atoms in total. The molecule has 0 atom stereocenters. The van der Waals surface area contributed by atoms with E-state index in [-0.39, 0.29) is 18.3 Å². The summed E-state index contributed by atoms with van der Waals surface area (Å²) in [6.07, 6.45) is 4.13. The number of benzene rings is 1. The van der Waals surface area contributed by atoms with Crippen LogP contribution in [-0.4, -0.2) is 37.7 Å². The summed E-state index contributed by atoms with van der Waals surface area (Å²) in [5.74, 6) is 1.16. The van der Waals surface area contributed by atoms with Gasteiger partial charge in [-0.25, -0.2) is 4.98 Å². The largest absolute Gasteiger partial charge is 0.493 e. The average Bonchev–Trinajstić information content (AvgIpc) is 3.13. The van der Waals surface area contributed by atoms with Crippen molar-refractivity contribution in [1.29, 1.82) is 0 Å². The number of aromatic nitrogens is 1. The van der Waals surface area contributed by atoms with Gasteiger partial charge in [-0.05, 0) is 36.1 Å². The Morgan fingerprint density at radius 1 is 1.24 bits per heavy atom. The zero-order valence-electron chi connectivity index (χ0n) is 17.1. The van der Waals surface area contributed by atoms with Gasteiger partial charge in [0.05, 0.1) is 32.9 Å². The van der Waals surface area contributed by atoms with Crippen molar-refractivity contribution in [2.24, 2.45) is 5.92 Å². The van der Waals surface area contributed by atoms with Gasteiger partial charge in [0, 0.05) is 11.5 Å². The molecule has 156 valence electrons. The van der Waals surface area contributed by atoms with Crippen LogP contribution < -0.4 is 14.8 Å². The van der Waals surface area contributed by atoms with Crippen LogP contribution in [0.15, 0.2) is 29.7 Å². The molecule has 0 unspecified atom stereocenters. The Morgan fingerprint density at radius 2 is 2.03 bits per heavy atom. The van der Waals surface area contributed by atoms with Crippen molar-refractivity contribution in [3.63, 3.8) is 0 Å². The van der Waals surface area contributed by atoms with Crippen LogP contribution in [-0.2, 0) is 20.7 Å². The Kier molecular flexibility index (Phi) is 8.67. The Balaban J connectivity index is 1.94. The fourth-order valence-electron chi connectivity index (χ4n) is 2.30. The number of hydrogen-bond acceptors (Lipinski definition) is 7. The first kappa shape index (κ1) is 22.4. The van der Waals surface area contributed by atoms with E-state index in [0.717, 1.165) is 12.0 Å². The zero-order valence-corrected chi connectivity index (χ0v) is 17.9. The lowest BCUT2D eigenvalue weighted by atomic mass is 10.1. The first-order valence-corrected chi connectivity index (χ1v) is 10.1. The number of esters is 1. The fraction of sp³-hybridized carbons (Fsp3) is 0.381. The predicted molar refractivity (Wildman–Crippen MR) is 113 cm³/mol. The molecule has 0 aliphatic heterocycles. The molecule has 0 saturated heterocycles. The molecule has 0 fully saturated rings. The number of thiazole rings is 1. The number of hydrogen-bond donors (Lipinski definition) is 1. The molecule has 2 aromatic rings. The molecule has 0 bridgehead atoms. The van der Waals surface area contributed by atoms with E-state index in [1.807, 2.05) is 18.2 Å². The van der Waals surface area contributed by atoms with Gasteiger partial charge in [0.2, 0.25) is 5.91 Å². The van der Waals surface area contributed by atoms with Crippen LogP contribution in [0.3, 0.4) is 0 Å². The molecule has 8 heteroatoms. The van der Waals surface area contributed by atoms with Gasteiger partial charge >= 0.3 is 5.97 Å². The van der Waals surface area contributed by atoms with Crippen molar-refractivity contribution >= 4 is 34.4 Å². The normalized spacial score (nSPS) is 10.9. The lowest BCUT2D eigenvalue weighted by Crippen LogP contribution is -2.08. The molecule has 0 radical (unpaired) electrons. The number of amides is 1. The van der Waals surface area contributed by atoms with Crippen LogP contribution in [0.1, 0.15) is 31.5 Å². The minimum Gasteiger partial charge on any atom is -0.493 e. The second-order valence-corrected chi connectivity index (χ2v) is 7.52. The second kappa shape index (κ2) is 11.2. The molecule has 1 heterocycles. The van der Waals surface area contributed by atoms with Gasteiger partial charge in [-0.15, -0.1) is 11.3 Å². The van der Waals surface area contributed by atoms with E-state index in [9.17, 15) is 9.59 Å². The molecule has 1 N–H and O–H groups in total. The molecular weight excluding hydrogens is 392 g/mol. The lowest BCUT2D eigenvalue weighted by Gasteiger charge is -2.12. The number of carbonyl (C=O) groups excluding carboxylic acids is 2. The monoisotopic (exact) mass is 418 g/mol. The highest BCUT2D eigenvalue weighted by molar-refractivity contribution is 7.14. The number of nitrogens with one attached hydrogen (secondary N) is 1. The van der Waals surface area contributed by atoms with Crippen molar-refractivity contribution in [3.05, 3.63) is 40.9 Å². The number of ether oxygens (including phenoxy) is 3. The van der Waals surface area contributed by atoms with Crippen LogP contribution in [0.25, 0.3) is 6.08 Å². The maximum Gasteiger partial charge on any atom is 0.311 e. The Labute approximate surface area is 174 Å². The Hall–Kier alpha value is -2.87. The third-order valence-corrected chi connectivity index (χ3v) is 4.71. The molecule has 2 rings (SSSR count). The van der Waals surface area contributed by atoms with Gasteiger partial charge in [0.1, 0.15) is 0 Å². The van der Waals surface area contributed by atoms with Gasteiger partial charge in [-0.1, -0.05) is 19.9 Å².